The quantitative estimate of drug-likeness (QED) is 0.661. The Kier molecular flexibility index (Phi) is 5.10. The lowest BCUT2D eigenvalue weighted by molar-refractivity contribution is 0.390. The van der Waals surface area contributed by atoms with Crippen LogP contribution in [0.1, 0.15) is 17.0 Å². The van der Waals surface area contributed by atoms with Crippen LogP contribution in [-0.2, 0) is 16.6 Å². The van der Waals surface area contributed by atoms with Crippen molar-refractivity contribution in [3.63, 3.8) is 0 Å². The summed E-state index contributed by atoms with van der Waals surface area (Å²) in [6.07, 6.45) is 0. The minimum Gasteiger partial charge on any atom is -0.365 e. The van der Waals surface area contributed by atoms with Crippen LogP contribution in [0.3, 0.4) is 0 Å². The van der Waals surface area contributed by atoms with Crippen LogP contribution in [0.15, 0.2) is 45.8 Å². The number of rotatable bonds is 6. The van der Waals surface area contributed by atoms with Gasteiger partial charge in [0.1, 0.15) is 11.5 Å². The molecule has 0 aliphatic carbocycles. The lowest BCUT2D eigenvalue weighted by atomic mass is 10.2. The van der Waals surface area contributed by atoms with Crippen molar-refractivity contribution in [3.8, 4) is 0 Å². The topological polar surface area (TPSA) is 110 Å². The molecule has 0 aliphatic rings. The highest BCUT2D eigenvalue weighted by Crippen LogP contribution is 2.21. The number of nitrogens with zero attached hydrogens (tertiary/aromatic N) is 3. The number of halogens is 1. The van der Waals surface area contributed by atoms with Crippen LogP contribution in [0.5, 0.6) is 0 Å². The van der Waals surface area contributed by atoms with Crippen LogP contribution in [0.4, 0.5) is 11.6 Å². The van der Waals surface area contributed by atoms with Crippen molar-refractivity contribution in [2.75, 3.05) is 10.0 Å². The van der Waals surface area contributed by atoms with Gasteiger partial charge in [-0.05, 0) is 43.7 Å². The second kappa shape index (κ2) is 7.30. The van der Waals surface area contributed by atoms with Gasteiger partial charge in [-0.15, -0.1) is 10.2 Å². The summed E-state index contributed by atoms with van der Waals surface area (Å²) in [6.45, 7) is 3.63. The lowest BCUT2D eigenvalue weighted by Crippen LogP contribution is -2.16. The molecule has 0 unspecified atom stereocenters. The van der Waals surface area contributed by atoms with Crippen LogP contribution in [0.2, 0.25) is 5.02 Å². The van der Waals surface area contributed by atoms with E-state index in [1.54, 1.807) is 25.1 Å². The van der Waals surface area contributed by atoms with Gasteiger partial charge in [-0.25, -0.2) is 8.42 Å². The molecule has 10 heteroatoms. The largest absolute Gasteiger partial charge is 0.365 e. The maximum atomic E-state index is 12.4. The molecule has 26 heavy (non-hydrogen) atoms. The smallest absolute Gasteiger partial charge is 0.268 e. The van der Waals surface area contributed by atoms with Crippen LogP contribution >= 0.6 is 11.6 Å². The first-order valence-corrected chi connectivity index (χ1v) is 9.49. The molecule has 1 aromatic carbocycles. The van der Waals surface area contributed by atoms with E-state index in [0.717, 1.165) is 5.56 Å². The van der Waals surface area contributed by atoms with Crippen LogP contribution < -0.4 is 10.0 Å². The molecular weight excluding hydrogens is 378 g/mol. The van der Waals surface area contributed by atoms with Crippen molar-refractivity contribution in [3.05, 3.63) is 58.4 Å². The van der Waals surface area contributed by atoms with E-state index in [2.05, 4.69) is 25.4 Å². The van der Waals surface area contributed by atoms with E-state index in [4.69, 9.17) is 16.1 Å². The molecule has 0 aliphatic heterocycles. The molecule has 2 aromatic heterocycles. The Bertz CT molecular complexity index is 982. The van der Waals surface area contributed by atoms with Gasteiger partial charge < -0.3 is 9.84 Å². The minimum atomic E-state index is -3.85. The van der Waals surface area contributed by atoms with Gasteiger partial charge in [-0.1, -0.05) is 28.9 Å². The number of anilines is 2. The van der Waals surface area contributed by atoms with Gasteiger partial charge in [-0.2, -0.15) is 0 Å². The van der Waals surface area contributed by atoms with E-state index in [-0.39, 0.29) is 22.2 Å². The predicted octanol–water partition coefficient (Wildman–Crippen LogP) is 3.15. The maximum absolute atomic E-state index is 12.4. The minimum absolute atomic E-state index is 0.00393. The first kappa shape index (κ1) is 18.2. The zero-order valence-corrected chi connectivity index (χ0v) is 15.6. The summed E-state index contributed by atoms with van der Waals surface area (Å²) in [6, 6.07) is 10.6. The Hall–Kier alpha value is -2.65. The van der Waals surface area contributed by atoms with Gasteiger partial charge >= 0.3 is 0 Å². The van der Waals surface area contributed by atoms with Crippen molar-refractivity contribution in [2.45, 2.75) is 25.3 Å². The van der Waals surface area contributed by atoms with E-state index in [9.17, 15) is 8.42 Å². The number of hydrogen-bond donors (Lipinski definition) is 2. The molecule has 0 amide bonds. The van der Waals surface area contributed by atoms with Crippen LogP contribution in [-0.4, -0.2) is 23.8 Å². The first-order valence-electron chi connectivity index (χ1n) is 7.63. The molecule has 0 radical (unpaired) electrons. The monoisotopic (exact) mass is 393 g/mol. The van der Waals surface area contributed by atoms with Gasteiger partial charge in [0.15, 0.2) is 16.5 Å². The van der Waals surface area contributed by atoms with Crippen molar-refractivity contribution in [1.82, 2.24) is 15.4 Å². The Labute approximate surface area is 155 Å². The number of hydrogen-bond acceptors (Lipinski definition) is 7. The molecule has 0 spiro atoms. The molecular formula is C16H16ClN5O3S. The molecule has 0 saturated heterocycles. The highest BCUT2D eigenvalue weighted by atomic mass is 35.5. The third-order valence-corrected chi connectivity index (χ3v) is 5.38. The highest BCUT2D eigenvalue weighted by molar-refractivity contribution is 7.92. The molecule has 0 atom stereocenters. The zero-order chi connectivity index (χ0) is 18.7. The summed E-state index contributed by atoms with van der Waals surface area (Å²) >= 11 is 5.85. The van der Waals surface area contributed by atoms with E-state index in [0.29, 0.717) is 17.4 Å². The molecule has 8 nitrogen and oxygen atoms in total. The van der Waals surface area contributed by atoms with Crippen LogP contribution in [0, 0.1) is 13.8 Å². The van der Waals surface area contributed by atoms with E-state index >= 15 is 0 Å². The Morgan fingerprint density at radius 3 is 2.27 bits per heavy atom. The Morgan fingerprint density at radius 2 is 1.69 bits per heavy atom. The third-order valence-electron chi connectivity index (χ3n) is 3.53. The summed E-state index contributed by atoms with van der Waals surface area (Å²) < 4.78 is 32.1. The second-order valence-electron chi connectivity index (χ2n) is 5.54. The summed E-state index contributed by atoms with van der Waals surface area (Å²) in [5, 5.41) is 15.3. The Morgan fingerprint density at radius 1 is 1.04 bits per heavy atom. The van der Waals surface area contributed by atoms with Crippen molar-refractivity contribution >= 4 is 33.3 Å². The van der Waals surface area contributed by atoms with Crippen molar-refractivity contribution in [1.29, 1.82) is 0 Å². The molecule has 3 rings (SSSR count). The fraction of sp³-hybridized carbons (Fsp3) is 0.188. The molecule has 136 valence electrons. The summed E-state index contributed by atoms with van der Waals surface area (Å²) in [5.74, 6) is 0.825. The number of aromatic nitrogens is 3. The number of sulfonamides is 1. The summed E-state index contributed by atoms with van der Waals surface area (Å²) in [4.78, 5) is 0.00393. The maximum Gasteiger partial charge on any atom is 0.268 e. The lowest BCUT2D eigenvalue weighted by Gasteiger charge is -2.08. The average molecular weight is 394 g/mol. The summed E-state index contributed by atoms with van der Waals surface area (Å²) in [7, 11) is -3.85. The van der Waals surface area contributed by atoms with E-state index in [1.807, 2.05) is 12.1 Å². The van der Waals surface area contributed by atoms with E-state index in [1.165, 1.54) is 13.0 Å². The molecule has 2 N–H and O–H groups in total. The van der Waals surface area contributed by atoms with Gasteiger partial charge in [0.2, 0.25) is 0 Å². The molecule has 2 heterocycles. The molecule has 0 fully saturated rings. The van der Waals surface area contributed by atoms with Gasteiger partial charge in [0.05, 0.1) is 0 Å². The number of nitrogens with one attached hydrogen (secondary N) is 2. The molecule has 3 aromatic rings. The predicted molar refractivity (Wildman–Crippen MR) is 97.6 cm³/mol. The fourth-order valence-electron chi connectivity index (χ4n) is 2.32. The highest BCUT2D eigenvalue weighted by Gasteiger charge is 2.24. The molecule has 0 saturated carbocycles. The Balaban J connectivity index is 1.67. The normalized spacial score (nSPS) is 11.3. The van der Waals surface area contributed by atoms with Gasteiger partial charge in [0.25, 0.3) is 10.0 Å². The fourth-order valence-corrected chi connectivity index (χ4v) is 3.78. The number of benzene rings is 1. The molecule has 0 bridgehead atoms. The van der Waals surface area contributed by atoms with E-state index < -0.39 is 10.0 Å². The van der Waals surface area contributed by atoms with Gasteiger partial charge in [0, 0.05) is 11.6 Å². The zero-order valence-electron chi connectivity index (χ0n) is 14.0. The van der Waals surface area contributed by atoms with Gasteiger partial charge in [-0.3, -0.25) is 4.72 Å². The van der Waals surface area contributed by atoms with Crippen LogP contribution in [0.25, 0.3) is 0 Å². The van der Waals surface area contributed by atoms with Crippen molar-refractivity contribution in [2.24, 2.45) is 0 Å². The number of aryl methyl sites for hydroxylation is 2. The van der Waals surface area contributed by atoms with Crippen molar-refractivity contribution < 1.29 is 12.9 Å². The SMILES string of the molecule is Cc1noc(C)c1S(=O)(=O)Nc1ccc(NCc2ccc(Cl)cc2)nn1. The standard InChI is InChI=1S/C16H16ClN5O3S/c1-10-16(11(2)25-21-10)26(23,24)22-15-8-7-14(19-20-15)18-9-12-3-5-13(17)6-4-12/h3-8H,9H2,1-2H3,(H,18,19)(H,20,22). The third kappa shape index (κ3) is 4.12. The summed E-state index contributed by atoms with van der Waals surface area (Å²) in [5.41, 5.74) is 1.31. The first-order chi connectivity index (χ1) is 12.3. The second-order valence-corrected chi connectivity index (χ2v) is 7.60. The average Bonchev–Trinajstić information content (AvgIpc) is 2.95.